The van der Waals surface area contributed by atoms with Crippen LogP contribution < -0.4 is 14.8 Å². The van der Waals surface area contributed by atoms with Gasteiger partial charge in [-0.05, 0) is 49.7 Å². The molecule has 0 saturated carbocycles. The minimum absolute atomic E-state index is 0.0365. The monoisotopic (exact) mass is 396 g/mol. The molecule has 0 spiro atoms. The van der Waals surface area contributed by atoms with Gasteiger partial charge in [0, 0.05) is 5.56 Å². The topological polar surface area (TPSA) is 69.2 Å². The quantitative estimate of drug-likeness (QED) is 0.538. The van der Waals surface area contributed by atoms with Crippen LogP contribution in [0.2, 0.25) is 0 Å². The molecule has 0 saturated heterocycles. The number of nitrogens with one attached hydrogen (secondary N) is 1. The van der Waals surface area contributed by atoms with E-state index >= 15 is 0 Å². The van der Waals surface area contributed by atoms with E-state index in [-0.39, 0.29) is 17.2 Å². The molecule has 0 aliphatic rings. The number of aryl methyl sites for hydroxylation is 1. The number of benzene rings is 2. The molecule has 0 aromatic heterocycles. The fourth-order valence-electron chi connectivity index (χ4n) is 2.14. The van der Waals surface area contributed by atoms with Crippen molar-refractivity contribution >= 4 is 17.8 Å². The van der Waals surface area contributed by atoms with Crippen molar-refractivity contribution in [3.8, 4) is 11.5 Å². The summed E-state index contributed by atoms with van der Waals surface area (Å²) >= 11 is 0. The van der Waals surface area contributed by atoms with Crippen LogP contribution in [0.3, 0.4) is 0 Å². The highest BCUT2D eigenvalue weighted by Gasteiger charge is 2.16. The third kappa shape index (κ3) is 5.90. The van der Waals surface area contributed by atoms with E-state index in [0.717, 1.165) is 5.56 Å². The van der Waals surface area contributed by atoms with Crippen LogP contribution in [0.1, 0.15) is 18.1 Å². The largest absolute Gasteiger partial charge is 0.493 e. The average Bonchev–Trinajstić information content (AvgIpc) is 2.64. The highest BCUT2D eigenvalue weighted by Crippen LogP contribution is 2.29. The highest BCUT2D eigenvalue weighted by atomic mass is 19.3. The average molecular weight is 396 g/mol. The van der Waals surface area contributed by atoms with Crippen LogP contribution in [0.25, 0.3) is 0 Å². The second kappa shape index (κ2) is 9.63. The molecule has 28 heavy (non-hydrogen) atoms. The first-order valence-electron chi connectivity index (χ1n) is 8.19. The number of ether oxygens (including phenoxy) is 2. The maximum Gasteiger partial charge on any atom is 0.387 e. The number of methoxy groups -OCH3 is 1. The minimum Gasteiger partial charge on any atom is -0.493 e. The summed E-state index contributed by atoms with van der Waals surface area (Å²) in [6.07, 6.45) is 0.269. The van der Waals surface area contributed by atoms with Gasteiger partial charge in [-0.15, -0.1) is 0 Å². The molecule has 2 aromatic rings. The fourth-order valence-corrected chi connectivity index (χ4v) is 2.14. The zero-order chi connectivity index (χ0) is 20.7. The Morgan fingerprint density at radius 1 is 1.18 bits per heavy atom. The van der Waals surface area contributed by atoms with Crippen molar-refractivity contribution in [2.24, 2.45) is 5.16 Å². The predicted octanol–water partition coefficient (Wildman–Crippen LogP) is 4.12. The molecule has 0 fully saturated rings. The summed E-state index contributed by atoms with van der Waals surface area (Å²) in [5.74, 6) is -1.17. The fraction of sp³-hybridized carbons (Fsp3) is 0.263. The number of anilines is 1. The van der Waals surface area contributed by atoms with Gasteiger partial charge in [0.05, 0.1) is 19.0 Å². The third-order valence-electron chi connectivity index (χ3n) is 3.58. The molecule has 1 amide bonds. The van der Waals surface area contributed by atoms with Crippen LogP contribution in [0.4, 0.5) is 18.9 Å². The number of hydrogen-bond acceptors (Lipinski definition) is 5. The van der Waals surface area contributed by atoms with E-state index in [1.165, 1.54) is 50.6 Å². The maximum atomic E-state index is 13.8. The van der Waals surface area contributed by atoms with E-state index in [1.807, 2.05) is 0 Å². The Kier molecular flexibility index (Phi) is 7.25. The molecule has 0 aliphatic heterocycles. The molecule has 2 aromatic carbocycles. The van der Waals surface area contributed by atoms with Crippen LogP contribution >= 0.6 is 0 Å². The van der Waals surface area contributed by atoms with Crippen LogP contribution in [0.15, 0.2) is 41.6 Å². The van der Waals surface area contributed by atoms with Crippen molar-refractivity contribution in [2.45, 2.75) is 26.6 Å². The Hall–Kier alpha value is -3.23. The van der Waals surface area contributed by atoms with E-state index in [1.54, 1.807) is 13.0 Å². The highest BCUT2D eigenvalue weighted by molar-refractivity contribution is 5.94. The molecule has 150 valence electrons. The molecule has 0 bridgehead atoms. The van der Waals surface area contributed by atoms with Gasteiger partial charge in [0.2, 0.25) is 6.10 Å². The van der Waals surface area contributed by atoms with Crippen molar-refractivity contribution in [3.05, 3.63) is 53.3 Å². The Balaban J connectivity index is 1.96. The molecule has 2 rings (SSSR count). The van der Waals surface area contributed by atoms with Gasteiger partial charge in [-0.1, -0.05) is 11.2 Å². The zero-order valence-electron chi connectivity index (χ0n) is 15.4. The summed E-state index contributed by atoms with van der Waals surface area (Å²) < 4.78 is 47.7. The summed E-state index contributed by atoms with van der Waals surface area (Å²) in [5, 5.41) is 6.09. The van der Waals surface area contributed by atoms with E-state index in [2.05, 4.69) is 15.2 Å². The van der Waals surface area contributed by atoms with Crippen molar-refractivity contribution in [1.29, 1.82) is 0 Å². The molecule has 0 aliphatic carbocycles. The lowest BCUT2D eigenvalue weighted by atomic mass is 10.2. The van der Waals surface area contributed by atoms with Gasteiger partial charge in [-0.2, -0.15) is 8.78 Å². The molecule has 1 unspecified atom stereocenters. The van der Waals surface area contributed by atoms with Crippen molar-refractivity contribution in [2.75, 3.05) is 12.4 Å². The molecule has 0 heterocycles. The molecule has 0 radical (unpaired) electrons. The van der Waals surface area contributed by atoms with Crippen LogP contribution in [-0.4, -0.2) is 31.9 Å². The van der Waals surface area contributed by atoms with Gasteiger partial charge in [0.25, 0.3) is 5.91 Å². The SMILES string of the molecule is COc1cc(C=NOC(C)C(=O)Nc2ccc(C)cc2F)ccc1OC(F)F. The predicted molar refractivity (Wildman–Crippen MR) is 97.5 cm³/mol. The number of carbonyl (C=O) groups excluding carboxylic acids is 1. The second-order valence-electron chi connectivity index (χ2n) is 5.74. The molecular weight excluding hydrogens is 377 g/mol. The Bertz CT molecular complexity index is 859. The lowest BCUT2D eigenvalue weighted by Gasteiger charge is -2.12. The maximum absolute atomic E-state index is 13.8. The van der Waals surface area contributed by atoms with Crippen LogP contribution in [0, 0.1) is 12.7 Å². The number of alkyl halides is 2. The summed E-state index contributed by atoms with van der Waals surface area (Å²) in [4.78, 5) is 17.1. The first-order valence-corrected chi connectivity index (χ1v) is 8.19. The van der Waals surface area contributed by atoms with E-state index in [0.29, 0.717) is 5.56 Å². The standard InChI is InChI=1S/C19H19F3N2O4/c1-11-4-6-15(14(20)8-11)24-18(25)12(2)28-23-10-13-5-7-16(27-19(21)22)17(9-13)26-3/h4-10,12,19H,1-3H3,(H,24,25). The lowest BCUT2D eigenvalue weighted by Crippen LogP contribution is -2.26. The van der Waals surface area contributed by atoms with Crippen molar-refractivity contribution < 1.29 is 32.3 Å². The molecule has 1 atom stereocenters. The first kappa shape index (κ1) is 21.1. The Morgan fingerprint density at radius 3 is 2.57 bits per heavy atom. The zero-order valence-corrected chi connectivity index (χ0v) is 15.4. The Labute approximate surface area is 159 Å². The number of oxime groups is 1. The van der Waals surface area contributed by atoms with Crippen molar-refractivity contribution in [1.82, 2.24) is 0 Å². The summed E-state index contributed by atoms with van der Waals surface area (Å²) in [5.41, 5.74) is 1.23. The number of nitrogens with zero attached hydrogens (tertiary/aromatic N) is 1. The number of rotatable bonds is 8. The van der Waals surface area contributed by atoms with Gasteiger partial charge in [-0.3, -0.25) is 4.79 Å². The minimum atomic E-state index is -2.98. The Morgan fingerprint density at radius 2 is 1.93 bits per heavy atom. The third-order valence-corrected chi connectivity index (χ3v) is 3.58. The first-order chi connectivity index (χ1) is 13.3. The molecule has 1 N–H and O–H groups in total. The molecule has 9 heteroatoms. The van der Waals surface area contributed by atoms with Crippen LogP contribution in [0.5, 0.6) is 11.5 Å². The normalized spacial score (nSPS) is 12.1. The van der Waals surface area contributed by atoms with E-state index in [9.17, 15) is 18.0 Å². The lowest BCUT2D eigenvalue weighted by molar-refractivity contribution is -0.126. The van der Waals surface area contributed by atoms with Gasteiger partial charge in [-0.25, -0.2) is 4.39 Å². The number of halogens is 3. The second-order valence-corrected chi connectivity index (χ2v) is 5.74. The summed E-state index contributed by atoms with van der Waals surface area (Å²) in [7, 11) is 1.31. The van der Waals surface area contributed by atoms with Crippen molar-refractivity contribution in [3.63, 3.8) is 0 Å². The van der Waals surface area contributed by atoms with Crippen LogP contribution in [-0.2, 0) is 9.63 Å². The number of carbonyl (C=O) groups is 1. The van der Waals surface area contributed by atoms with Gasteiger partial charge in [0.15, 0.2) is 11.5 Å². The molecule has 6 nitrogen and oxygen atoms in total. The van der Waals surface area contributed by atoms with Gasteiger partial charge >= 0.3 is 6.61 Å². The number of hydrogen-bond donors (Lipinski definition) is 1. The van der Waals surface area contributed by atoms with Gasteiger partial charge < -0.3 is 19.6 Å². The van der Waals surface area contributed by atoms with E-state index in [4.69, 9.17) is 9.57 Å². The summed E-state index contributed by atoms with van der Waals surface area (Å²) in [6, 6.07) is 8.58. The smallest absolute Gasteiger partial charge is 0.387 e. The summed E-state index contributed by atoms with van der Waals surface area (Å²) in [6.45, 7) is 0.198. The number of amides is 1. The van der Waals surface area contributed by atoms with E-state index < -0.39 is 24.4 Å². The van der Waals surface area contributed by atoms with Gasteiger partial charge in [0.1, 0.15) is 5.82 Å². The molecular formula is C19H19F3N2O4.